The Morgan fingerprint density at radius 1 is 1.17 bits per heavy atom. The van der Waals surface area contributed by atoms with Crippen LogP contribution in [0.15, 0.2) is 0 Å². The van der Waals surface area contributed by atoms with Crippen molar-refractivity contribution in [1.29, 1.82) is 0 Å². The van der Waals surface area contributed by atoms with E-state index in [1.54, 1.807) is 6.92 Å². The Bertz CT molecular complexity index is 266. The summed E-state index contributed by atoms with van der Waals surface area (Å²) in [6, 6.07) is -0.947. The zero-order valence-corrected chi connectivity index (χ0v) is 12.0. The largest absolute Gasteiger partial charge is 0.468 e. The van der Waals surface area contributed by atoms with Crippen LogP contribution < -0.4 is 5.32 Å². The van der Waals surface area contributed by atoms with Gasteiger partial charge in [0, 0.05) is 0 Å². The van der Waals surface area contributed by atoms with E-state index in [0.29, 0.717) is 13.0 Å². The second-order valence-corrected chi connectivity index (χ2v) is 4.50. The van der Waals surface area contributed by atoms with Gasteiger partial charge >= 0.3 is 11.9 Å². The van der Waals surface area contributed by atoms with Crippen molar-refractivity contribution in [3.63, 3.8) is 0 Å². The van der Waals surface area contributed by atoms with Gasteiger partial charge in [-0.3, -0.25) is 14.9 Å². The van der Waals surface area contributed by atoms with Crippen LogP contribution in [0.1, 0.15) is 40.5 Å². The maximum atomic E-state index is 11.8. The summed E-state index contributed by atoms with van der Waals surface area (Å²) < 4.78 is 9.74. The Labute approximate surface area is 109 Å². The SMILES string of the molecule is CCCC(NC(C(=O)OC)C(C)C)C(=O)OCC. The molecule has 0 rings (SSSR count). The third kappa shape index (κ3) is 5.49. The normalized spacial score (nSPS) is 14.1. The number of carbonyl (C=O) groups excluding carboxylic acids is 2. The van der Waals surface area contributed by atoms with Crippen molar-refractivity contribution in [1.82, 2.24) is 5.32 Å². The van der Waals surface area contributed by atoms with Crippen LogP contribution in [0.4, 0.5) is 0 Å². The molecule has 0 aliphatic heterocycles. The van der Waals surface area contributed by atoms with E-state index in [9.17, 15) is 9.59 Å². The number of rotatable bonds is 8. The van der Waals surface area contributed by atoms with Crippen LogP contribution in [0.5, 0.6) is 0 Å². The monoisotopic (exact) mass is 259 g/mol. The van der Waals surface area contributed by atoms with Crippen molar-refractivity contribution in [2.75, 3.05) is 13.7 Å². The Morgan fingerprint density at radius 3 is 2.17 bits per heavy atom. The molecule has 0 amide bonds. The number of esters is 2. The minimum absolute atomic E-state index is 0.0474. The van der Waals surface area contributed by atoms with E-state index in [1.807, 2.05) is 20.8 Å². The van der Waals surface area contributed by atoms with Crippen molar-refractivity contribution < 1.29 is 19.1 Å². The first kappa shape index (κ1) is 16.9. The summed E-state index contributed by atoms with van der Waals surface area (Å²) >= 11 is 0. The Hall–Kier alpha value is -1.10. The van der Waals surface area contributed by atoms with Gasteiger partial charge in [-0.1, -0.05) is 27.2 Å². The number of hydrogen-bond donors (Lipinski definition) is 1. The van der Waals surface area contributed by atoms with Gasteiger partial charge in [-0.15, -0.1) is 0 Å². The number of methoxy groups -OCH3 is 1. The van der Waals surface area contributed by atoms with E-state index in [1.165, 1.54) is 7.11 Å². The molecule has 106 valence electrons. The quantitative estimate of drug-likeness (QED) is 0.669. The summed E-state index contributed by atoms with van der Waals surface area (Å²) in [6.45, 7) is 7.90. The highest BCUT2D eigenvalue weighted by Gasteiger charge is 2.29. The van der Waals surface area contributed by atoms with Gasteiger partial charge in [-0.25, -0.2) is 0 Å². The average molecular weight is 259 g/mol. The molecule has 0 bridgehead atoms. The molecule has 0 heterocycles. The number of ether oxygens (including phenoxy) is 2. The Morgan fingerprint density at radius 2 is 1.78 bits per heavy atom. The van der Waals surface area contributed by atoms with E-state index in [0.717, 1.165) is 6.42 Å². The second kappa shape index (κ2) is 8.91. The minimum Gasteiger partial charge on any atom is -0.468 e. The molecule has 18 heavy (non-hydrogen) atoms. The molecule has 0 aliphatic carbocycles. The average Bonchev–Trinajstić information content (AvgIpc) is 2.33. The number of carbonyl (C=O) groups is 2. The predicted molar refractivity (Wildman–Crippen MR) is 69.1 cm³/mol. The molecular formula is C13H25NO4. The Kier molecular flexibility index (Phi) is 8.37. The zero-order valence-electron chi connectivity index (χ0n) is 12.0. The lowest BCUT2D eigenvalue weighted by molar-refractivity contribution is -0.148. The van der Waals surface area contributed by atoms with Gasteiger partial charge in [0.25, 0.3) is 0 Å². The van der Waals surface area contributed by atoms with Gasteiger partial charge in [0.2, 0.25) is 0 Å². The second-order valence-electron chi connectivity index (χ2n) is 4.50. The predicted octanol–water partition coefficient (Wildman–Crippen LogP) is 1.51. The van der Waals surface area contributed by atoms with Crippen LogP contribution in [0.3, 0.4) is 0 Å². The van der Waals surface area contributed by atoms with Gasteiger partial charge in [-0.05, 0) is 19.3 Å². The van der Waals surface area contributed by atoms with E-state index < -0.39 is 12.1 Å². The van der Waals surface area contributed by atoms with Crippen LogP contribution in [-0.4, -0.2) is 37.7 Å². The molecule has 1 N–H and O–H groups in total. The highest BCUT2D eigenvalue weighted by atomic mass is 16.5. The van der Waals surface area contributed by atoms with Crippen LogP contribution in [-0.2, 0) is 19.1 Å². The van der Waals surface area contributed by atoms with E-state index >= 15 is 0 Å². The molecule has 2 atom stereocenters. The number of hydrogen-bond acceptors (Lipinski definition) is 5. The minimum atomic E-state index is -0.490. The van der Waals surface area contributed by atoms with Crippen LogP contribution in [0, 0.1) is 5.92 Å². The molecule has 5 nitrogen and oxygen atoms in total. The molecule has 0 aromatic carbocycles. The first-order chi connectivity index (χ1) is 8.47. The van der Waals surface area contributed by atoms with E-state index in [2.05, 4.69) is 5.32 Å². The Balaban J connectivity index is 4.70. The fourth-order valence-corrected chi connectivity index (χ4v) is 1.68. The maximum absolute atomic E-state index is 11.8. The highest BCUT2D eigenvalue weighted by molar-refractivity contribution is 5.79. The zero-order chi connectivity index (χ0) is 14.1. The molecule has 5 heteroatoms. The molecule has 0 aromatic heterocycles. The number of nitrogens with one attached hydrogen (secondary N) is 1. The van der Waals surface area contributed by atoms with E-state index in [4.69, 9.17) is 9.47 Å². The summed E-state index contributed by atoms with van der Waals surface area (Å²) in [4.78, 5) is 23.4. The van der Waals surface area contributed by atoms with Crippen LogP contribution >= 0.6 is 0 Å². The molecule has 0 aromatic rings. The molecule has 0 saturated heterocycles. The lowest BCUT2D eigenvalue weighted by Crippen LogP contribution is -2.50. The van der Waals surface area contributed by atoms with Gasteiger partial charge < -0.3 is 9.47 Å². The van der Waals surface area contributed by atoms with Gasteiger partial charge in [0.15, 0.2) is 0 Å². The molecule has 0 fully saturated rings. The summed E-state index contributed by atoms with van der Waals surface area (Å²) in [6.07, 6.45) is 1.47. The van der Waals surface area contributed by atoms with Crippen molar-refractivity contribution in [2.24, 2.45) is 5.92 Å². The molecule has 0 radical (unpaired) electrons. The van der Waals surface area contributed by atoms with Crippen molar-refractivity contribution in [3.8, 4) is 0 Å². The lowest BCUT2D eigenvalue weighted by Gasteiger charge is -2.25. The van der Waals surface area contributed by atoms with Gasteiger partial charge in [0.1, 0.15) is 12.1 Å². The fourth-order valence-electron chi connectivity index (χ4n) is 1.68. The summed E-state index contributed by atoms with van der Waals surface area (Å²) in [5.74, 6) is -0.615. The molecular weight excluding hydrogens is 234 g/mol. The third-order valence-corrected chi connectivity index (χ3v) is 2.65. The van der Waals surface area contributed by atoms with Crippen molar-refractivity contribution in [3.05, 3.63) is 0 Å². The fraction of sp³-hybridized carbons (Fsp3) is 0.846. The lowest BCUT2D eigenvalue weighted by atomic mass is 10.0. The summed E-state index contributed by atoms with van der Waals surface area (Å²) in [5.41, 5.74) is 0. The van der Waals surface area contributed by atoms with Gasteiger partial charge in [-0.2, -0.15) is 0 Å². The molecule has 0 saturated carbocycles. The molecule has 0 spiro atoms. The topological polar surface area (TPSA) is 64.6 Å². The summed E-state index contributed by atoms with van der Waals surface area (Å²) in [5, 5.41) is 3.04. The standard InChI is InChI=1S/C13H25NO4/c1-6-8-10(12(15)18-7-2)14-11(9(3)4)13(16)17-5/h9-11,14H,6-8H2,1-5H3. The molecule has 0 aliphatic rings. The van der Waals surface area contributed by atoms with Crippen molar-refractivity contribution >= 4 is 11.9 Å². The molecule has 2 unspecified atom stereocenters. The highest BCUT2D eigenvalue weighted by Crippen LogP contribution is 2.08. The van der Waals surface area contributed by atoms with Crippen molar-refractivity contribution in [2.45, 2.75) is 52.6 Å². The smallest absolute Gasteiger partial charge is 0.323 e. The van der Waals surface area contributed by atoms with E-state index in [-0.39, 0.29) is 17.9 Å². The van der Waals surface area contributed by atoms with Crippen LogP contribution in [0.25, 0.3) is 0 Å². The summed E-state index contributed by atoms with van der Waals surface area (Å²) in [7, 11) is 1.35. The first-order valence-electron chi connectivity index (χ1n) is 6.48. The first-order valence-corrected chi connectivity index (χ1v) is 6.48. The van der Waals surface area contributed by atoms with Crippen LogP contribution in [0.2, 0.25) is 0 Å². The maximum Gasteiger partial charge on any atom is 0.323 e. The third-order valence-electron chi connectivity index (χ3n) is 2.65. The van der Waals surface area contributed by atoms with Gasteiger partial charge in [0.05, 0.1) is 13.7 Å².